The molecule has 1 aliphatic heterocycles. The van der Waals surface area contributed by atoms with Gasteiger partial charge in [-0.05, 0) is 59.1 Å². The van der Waals surface area contributed by atoms with Crippen LogP contribution in [-0.2, 0) is 10.0 Å². The molecule has 132 valence electrons. The molecule has 1 aromatic heterocycles. The van der Waals surface area contributed by atoms with E-state index in [1.807, 2.05) is 0 Å². The van der Waals surface area contributed by atoms with E-state index in [9.17, 15) is 13.2 Å². The molecule has 1 saturated heterocycles. The summed E-state index contributed by atoms with van der Waals surface area (Å²) in [7, 11) is -3.57. The zero-order chi connectivity index (χ0) is 17.9. The van der Waals surface area contributed by atoms with Crippen LogP contribution in [0.5, 0.6) is 0 Å². The third-order valence-electron chi connectivity index (χ3n) is 4.02. The summed E-state index contributed by atoms with van der Waals surface area (Å²) in [6, 6.07) is 9.54. The highest BCUT2D eigenvalue weighted by Crippen LogP contribution is 2.21. The first-order chi connectivity index (χ1) is 12.0. The van der Waals surface area contributed by atoms with Crippen molar-refractivity contribution < 1.29 is 13.2 Å². The number of nitrogens with one attached hydrogen (secondary N) is 1. The highest BCUT2D eigenvalue weighted by molar-refractivity contribution is 9.10. The fourth-order valence-corrected chi connectivity index (χ4v) is 4.49. The number of benzene rings is 1. The summed E-state index contributed by atoms with van der Waals surface area (Å²) < 4.78 is 27.8. The van der Waals surface area contributed by atoms with Crippen LogP contribution in [0, 0.1) is 0 Å². The Balaban J connectivity index is 1.80. The molecule has 0 aliphatic carbocycles. The molecule has 3 rings (SSSR count). The highest BCUT2D eigenvalue weighted by atomic mass is 79.9. The number of carbonyl (C=O) groups excluding carboxylic acids is 1. The van der Waals surface area contributed by atoms with Crippen LogP contribution in [0.15, 0.2) is 52.0 Å². The number of hydrogen-bond donors (Lipinski definition) is 1. The second-order valence-electron chi connectivity index (χ2n) is 5.81. The number of anilines is 1. The Bertz CT molecular complexity index is 863. The molecule has 0 atom stereocenters. The fraction of sp³-hybridized carbons (Fsp3) is 0.294. The van der Waals surface area contributed by atoms with E-state index in [2.05, 4.69) is 26.2 Å². The quantitative estimate of drug-likeness (QED) is 0.817. The topological polar surface area (TPSA) is 79.4 Å². The van der Waals surface area contributed by atoms with Crippen LogP contribution in [0.3, 0.4) is 0 Å². The van der Waals surface area contributed by atoms with Gasteiger partial charge in [-0.3, -0.25) is 4.79 Å². The summed E-state index contributed by atoms with van der Waals surface area (Å²) in [5.74, 6) is 0.00278. The predicted molar refractivity (Wildman–Crippen MR) is 98.9 cm³/mol. The van der Waals surface area contributed by atoms with Gasteiger partial charge in [0.2, 0.25) is 10.0 Å². The van der Waals surface area contributed by atoms with E-state index in [-0.39, 0.29) is 10.5 Å². The number of hydrogen-bond acceptors (Lipinski definition) is 4. The normalized spacial score (nSPS) is 15.7. The number of nitrogens with zero attached hydrogens (tertiary/aromatic N) is 2. The number of pyridine rings is 1. The van der Waals surface area contributed by atoms with Crippen molar-refractivity contribution in [3.63, 3.8) is 0 Å². The molecule has 6 nitrogen and oxygen atoms in total. The van der Waals surface area contributed by atoms with E-state index in [4.69, 9.17) is 0 Å². The molecule has 1 amide bonds. The van der Waals surface area contributed by atoms with Gasteiger partial charge in [0.05, 0.1) is 4.90 Å². The van der Waals surface area contributed by atoms with Gasteiger partial charge in [0.1, 0.15) is 5.82 Å². The minimum Gasteiger partial charge on any atom is -0.307 e. The molecule has 25 heavy (non-hydrogen) atoms. The predicted octanol–water partition coefficient (Wildman–Crippen LogP) is 3.27. The molecule has 8 heteroatoms. The van der Waals surface area contributed by atoms with Crippen LogP contribution in [0.25, 0.3) is 0 Å². The van der Waals surface area contributed by atoms with E-state index in [0.717, 1.165) is 23.7 Å². The molecule has 1 aliphatic rings. The van der Waals surface area contributed by atoms with Gasteiger partial charge in [0, 0.05) is 29.3 Å². The van der Waals surface area contributed by atoms with Gasteiger partial charge in [0.15, 0.2) is 0 Å². The molecule has 0 saturated carbocycles. The highest BCUT2D eigenvalue weighted by Gasteiger charge is 2.26. The largest absolute Gasteiger partial charge is 0.307 e. The van der Waals surface area contributed by atoms with E-state index in [0.29, 0.717) is 18.9 Å². The second kappa shape index (κ2) is 7.63. The maximum Gasteiger partial charge on any atom is 0.256 e. The standard InChI is InChI=1S/C17H18BrN3O3S/c18-14-7-8-16(19-12-14)20-17(22)13-5-4-6-15(11-13)25(23,24)21-9-2-1-3-10-21/h4-8,11-12H,1-3,9-10H2,(H,19,20,22). The second-order valence-corrected chi connectivity index (χ2v) is 8.66. The third-order valence-corrected chi connectivity index (χ3v) is 6.38. The minimum atomic E-state index is -3.57. The molecule has 1 N–H and O–H groups in total. The number of rotatable bonds is 4. The zero-order valence-electron chi connectivity index (χ0n) is 13.5. The average molecular weight is 424 g/mol. The van der Waals surface area contributed by atoms with Crippen LogP contribution in [0.4, 0.5) is 5.82 Å². The smallest absolute Gasteiger partial charge is 0.256 e. The van der Waals surface area contributed by atoms with Gasteiger partial charge in [-0.15, -0.1) is 0 Å². The molecular formula is C17H18BrN3O3S. The van der Waals surface area contributed by atoms with Crippen molar-refractivity contribution in [2.45, 2.75) is 24.2 Å². The fourth-order valence-electron chi connectivity index (χ4n) is 2.69. The zero-order valence-corrected chi connectivity index (χ0v) is 15.9. The van der Waals surface area contributed by atoms with Crippen LogP contribution in [0.2, 0.25) is 0 Å². The summed E-state index contributed by atoms with van der Waals surface area (Å²) in [5, 5.41) is 2.66. The number of piperidine rings is 1. The van der Waals surface area contributed by atoms with Crippen LogP contribution >= 0.6 is 15.9 Å². The van der Waals surface area contributed by atoms with Gasteiger partial charge in [-0.2, -0.15) is 4.31 Å². The van der Waals surface area contributed by atoms with Crippen molar-refractivity contribution >= 4 is 37.7 Å². The van der Waals surface area contributed by atoms with Crippen LogP contribution in [-0.4, -0.2) is 36.7 Å². The van der Waals surface area contributed by atoms with Crippen molar-refractivity contribution in [2.75, 3.05) is 18.4 Å². The number of amides is 1. The average Bonchev–Trinajstić information content (AvgIpc) is 2.64. The number of sulfonamides is 1. The first kappa shape index (κ1) is 18.0. The Morgan fingerprint density at radius 1 is 1.12 bits per heavy atom. The molecule has 0 unspecified atom stereocenters. The van der Waals surface area contributed by atoms with E-state index >= 15 is 0 Å². The maximum absolute atomic E-state index is 12.7. The molecule has 0 spiro atoms. The lowest BCUT2D eigenvalue weighted by Gasteiger charge is -2.26. The lowest BCUT2D eigenvalue weighted by molar-refractivity contribution is 0.102. The van der Waals surface area contributed by atoms with Gasteiger partial charge in [-0.25, -0.2) is 13.4 Å². The van der Waals surface area contributed by atoms with E-state index in [1.54, 1.807) is 30.5 Å². The molecular weight excluding hydrogens is 406 g/mol. The van der Waals surface area contributed by atoms with Crippen molar-refractivity contribution in [2.24, 2.45) is 0 Å². The number of carbonyl (C=O) groups is 1. The van der Waals surface area contributed by atoms with Crippen molar-refractivity contribution in [3.05, 3.63) is 52.6 Å². The van der Waals surface area contributed by atoms with Crippen molar-refractivity contribution in [1.29, 1.82) is 0 Å². The molecule has 1 aromatic carbocycles. The monoisotopic (exact) mass is 423 g/mol. The third kappa shape index (κ3) is 4.26. The molecule has 2 heterocycles. The Morgan fingerprint density at radius 2 is 1.88 bits per heavy atom. The Hall–Kier alpha value is -1.77. The van der Waals surface area contributed by atoms with Crippen LogP contribution in [0.1, 0.15) is 29.6 Å². The van der Waals surface area contributed by atoms with E-state index in [1.165, 1.54) is 16.4 Å². The molecule has 0 bridgehead atoms. The summed E-state index contributed by atoms with van der Waals surface area (Å²) in [6.07, 6.45) is 4.37. The van der Waals surface area contributed by atoms with Gasteiger partial charge in [-0.1, -0.05) is 12.5 Å². The SMILES string of the molecule is O=C(Nc1ccc(Br)cn1)c1cccc(S(=O)(=O)N2CCCCC2)c1. The molecule has 1 fully saturated rings. The Morgan fingerprint density at radius 3 is 2.56 bits per heavy atom. The number of aromatic nitrogens is 1. The lowest BCUT2D eigenvalue weighted by atomic mass is 10.2. The molecule has 2 aromatic rings. The number of halogens is 1. The van der Waals surface area contributed by atoms with Gasteiger partial charge >= 0.3 is 0 Å². The minimum absolute atomic E-state index is 0.144. The Labute approximate surface area is 155 Å². The van der Waals surface area contributed by atoms with Crippen LogP contribution < -0.4 is 5.32 Å². The summed E-state index contributed by atoms with van der Waals surface area (Å²) in [4.78, 5) is 16.6. The summed E-state index contributed by atoms with van der Waals surface area (Å²) in [6.45, 7) is 1.06. The van der Waals surface area contributed by atoms with Crippen molar-refractivity contribution in [1.82, 2.24) is 9.29 Å². The Kier molecular flexibility index (Phi) is 5.51. The summed E-state index contributed by atoms with van der Waals surface area (Å²) in [5.41, 5.74) is 0.280. The lowest BCUT2D eigenvalue weighted by Crippen LogP contribution is -2.35. The first-order valence-corrected chi connectivity index (χ1v) is 10.2. The van der Waals surface area contributed by atoms with E-state index < -0.39 is 15.9 Å². The van der Waals surface area contributed by atoms with Crippen molar-refractivity contribution in [3.8, 4) is 0 Å². The first-order valence-electron chi connectivity index (χ1n) is 8.00. The van der Waals surface area contributed by atoms with Gasteiger partial charge in [0.25, 0.3) is 5.91 Å². The molecule has 0 radical (unpaired) electrons. The summed E-state index contributed by atoms with van der Waals surface area (Å²) >= 11 is 3.28. The van der Waals surface area contributed by atoms with Gasteiger partial charge < -0.3 is 5.32 Å². The maximum atomic E-state index is 12.7.